The molecular formula is C6H10FNO2. The van der Waals surface area contributed by atoms with Gasteiger partial charge in [-0.15, -0.1) is 0 Å². The second kappa shape index (κ2) is 2.20. The van der Waals surface area contributed by atoms with E-state index in [2.05, 4.69) is 0 Å². The molecule has 1 saturated carbocycles. The van der Waals surface area contributed by atoms with Crippen molar-refractivity contribution < 1.29 is 14.3 Å². The lowest BCUT2D eigenvalue weighted by Gasteiger charge is -2.41. The first-order valence-electron chi connectivity index (χ1n) is 3.19. The third-order valence-corrected chi connectivity index (χ3v) is 2.22. The summed E-state index contributed by atoms with van der Waals surface area (Å²) >= 11 is 0. The number of hydrogen-bond acceptors (Lipinski definition) is 2. The standard InChI is InChI=1S/C6H10FNO2/c7-3-4-1-2-6(4,8)5(9)10/h4H,1-3,8H2,(H,9,10). The van der Waals surface area contributed by atoms with Gasteiger partial charge in [0.25, 0.3) is 0 Å². The van der Waals surface area contributed by atoms with Crippen molar-refractivity contribution in [2.24, 2.45) is 11.7 Å². The monoisotopic (exact) mass is 147 g/mol. The Morgan fingerprint density at radius 1 is 1.90 bits per heavy atom. The molecule has 0 saturated heterocycles. The number of rotatable bonds is 2. The van der Waals surface area contributed by atoms with Crippen molar-refractivity contribution >= 4 is 5.97 Å². The number of carbonyl (C=O) groups is 1. The second-order valence-corrected chi connectivity index (χ2v) is 2.74. The number of halogens is 1. The zero-order valence-corrected chi connectivity index (χ0v) is 5.51. The van der Waals surface area contributed by atoms with Gasteiger partial charge >= 0.3 is 5.97 Å². The van der Waals surface area contributed by atoms with Crippen LogP contribution in [0.4, 0.5) is 4.39 Å². The van der Waals surface area contributed by atoms with Gasteiger partial charge < -0.3 is 10.8 Å². The maximum atomic E-state index is 12.0. The van der Waals surface area contributed by atoms with Crippen molar-refractivity contribution in [3.8, 4) is 0 Å². The van der Waals surface area contributed by atoms with E-state index in [-0.39, 0.29) is 0 Å². The molecule has 2 unspecified atom stereocenters. The van der Waals surface area contributed by atoms with E-state index in [0.29, 0.717) is 12.8 Å². The number of carboxylic acid groups (broad SMARTS) is 1. The molecule has 0 spiro atoms. The molecule has 1 fully saturated rings. The summed E-state index contributed by atoms with van der Waals surface area (Å²) in [5.74, 6) is -1.55. The van der Waals surface area contributed by atoms with Crippen LogP contribution in [-0.4, -0.2) is 23.3 Å². The van der Waals surface area contributed by atoms with Crippen LogP contribution in [0.25, 0.3) is 0 Å². The molecule has 0 bridgehead atoms. The van der Waals surface area contributed by atoms with Crippen LogP contribution in [0.2, 0.25) is 0 Å². The van der Waals surface area contributed by atoms with Crippen LogP contribution in [0.5, 0.6) is 0 Å². The fraction of sp³-hybridized carbons (Fsp3) is 0.833. The summed E-state index contributed by atoms with van der Waals surface area (Å²) in [6.45, 7) is -0.622. The topological polar surface area (TPSA) is 63.3 Å². The quantitative estimate of drug-likeness (QED) is 0.584. The molecule has 4 heteroatoms. The summed E-state index contributed by atoms with van der Waals surface area (Å²) in [6.07, 6.45) is 0.996. The highest BCUT2D eigenvalue weighted by Crippen LogP contribution is 2.36. The number of nitrogens with two attached hydrogens (primary N) is 1. The van der Waals surface area contributed by atoms with Gasteiger partial charge in [0.05, 0.1) is 6.67 Å². The maximum Gasteiger partial charge on any atom is 0.324 e. The van der Waals surface area contributed by atoms with Crippen LogP contribution in [0.3, 0.4) is 0 Å². The first-order valence-corrected chi connectivity index (χ1v) is 3.19. The van der Waals surface area contributed by atoms with Crippen LogP contribution in [0.15, 0.2) is 0 Å². The zero-order valence-electron chi connectivity index (χ0n) is 5.51. The Morgan fingerprint density at radius 3 is 2.60 bits per heavy atom. The molecule has 0 amide bonds. The average Bonchev–Trinajstić information content (AvgIpc) is 1.85. The van der Waals surface area contributed by atoms with E-state index in [0.717, 1.165) is 0 Å². The molecule has 1 aliphatic carbocycles. The number of aliphatic carboxylic acids is 1. The van der Waals surface area contributed by atoms with Crippen molar-refractivity contribution in [1.82, 2.24) is 0 Å². The first kappa shape index (κ1) is 7.47. The summed E-state index contributed by atoms with van der Waals surface area (Å²) in [5.41, 5.74) is 4.09. The van der Waals surface area contributed by atoms with Crippen molar-refractivity contribution in [2.75, 3.05) is 6.67 Å². The van der Waals surface area contributed by atoms with Crippen LogP contribution >= 0.6 is 0 Å². The van der Waals surface area contributed by atoms with E-state index in [1.807, 2.05) is 0 Å². The van der Waals surface area contributed by atoms with Gasteiger partial charge in [-0.3, -0.25) is 9.18 Å². The summed E-state index contributed by atoms with van der Waals surface area (Å²) < 4.78 is 12.0. The van der Waals surface area contributed by atoms with Crippen LogP contribution in [0, 0.1) is 5.92 Å². The molecule has 58 valence electrons. The molecule has 1 aliphatic rings. The minimum Gasteiger partial charge on any atom is -0.480 e. The van der Waals surface area contributed by atoms with E-state index in [1.54, 1.807) is 0 Å². The van der Waals surface area contributed by atoms with Crippen LogP contribution < -0.4 is 5.73 Å². The predicted octanol–water partition coefficient (Wildman–Crippen LogP) is 0.148. The fourth-order valence-electron chi connectivity index (χ4n) is 1.16. The zero-order chi connectivity index (χ0) is 7.78. The van der Waals surface area contributed by atoms with Crippen molar-refractivity contribution in [1.29, 1.82) is 0 Å². The normalized spacial score (nSPS) is 38.8. The summed E-state index contributed by atoms with van der Waals surface area (Å²) in [5, 5.41) is 8.50. The minimum absolute atomic E-state index is 0.400. The van der Waals surface area contributed by atoms with Crippen molar-refractivity contribution in [3.63, 3.8) is 0 Å². The second-order valence-electron chi connectivity index (χ2n) is 2.74. The van der Waals surface area contributed by atoms with Gasteiger partial charge in [0.15, 0.2) is 0 Å². The Bertz CT molecular complexity index is 160. The highest BCUT2D eigenvalue weighted by Gasteiger charge is 2.49. The Hall–Kier alpha value is -0.640. The van der Waals surface area contributed by atoms with E-state index in [4.69, 9.17) is 10.8 Å². The van der Waals surface area contributed by atoms with Gasteiger partial charge in [0.1, 0.15) is 5.54 Å². The summed E-state index contributed by atoms with van der Waals surface area (Å²) in [6, 6.07) is 0. The molecule has 0 aromatic heterocycles. The van der Waals surface area contributed by atoms with Gasteiger partial charge in [-0.2, -0.15) is 0 Å². The summed E-state index contributed by atoms with van der Waals surface area (Å²) in [7, 11) is 0. The Kier molecular flexibility index (Phi) is 1.64. The lowest BCUT2D eigenvalue weighted by molar-refractivity contribution is -0.151. The molecule has 2 atom stereocenters. The molecule has 3 nitrogen and oxygen atoms in total. The average molecular weight is 147 g/mol. The molecule has 1 rings (SSSR count). The molecule has 10 heavy (non-hydrogen) atoms. The Labute approximate surface area is 58.0 Å². The Morgan fingerprint density at radius 2 is 2.50 bits per heavy atom. The predicted molar refractivity (Wildman–Crippen MR) is 33.3 cm³/mol. The summed E-state index contributed by atoms with van der Waals surface area (Å²) in [4.78, 5) is 10.4. The van der Waals surface area contributed by atoms with Gasteiger partial charge in [-0.05, 0) is 12.8 Å². The van der Waals surface area contributed by atoms with E-state index in [9.17, 15) is 9.18 Å². The highest BCUT2D eigenvalue weighted by molar-refractivity contribution is 5.80. The molecule has 3 N–H and O–H groups in total. The molecule has 0 heterocycles. The van der Waals surface area contributed by atoms with Crippen molar-refractivity contribution in [2.45, 2.75) is 18.4 Å². The van der Waals surface area contributed by atoms with Gasteiger partial charge in [0, 0.05) is 5.92 Å². The molecular weight excluding hydrogens is 137 g/mol. The smallest absolute Gasteiger partial charge is 0.324 e. The van der Waals surface area contributed by atoms with Gasteiger partial charge in [0.2, 0.25) is 0 Å². The lowest BCUT2D eigenvalue weighted by atomic mass is 9.68. The van der Waals surface area contributed by atoms with E-state index < -0.39 is 24.1 Å². The van der Waals surface area contributed by atoms with Gasteiger partial charge in [-0.25, -0.2) is 0 Å². The third kappa shape index (κ3) is 0.794. The van der Waals surface area contributed by atoms with Crippen LogP contribution in [0.1, 0.15) is 12.8 Å². The maximum absolute atomic E-state index is 12.0. The van der Waals surface area contributed by atoms with Crippen molar-refractivity contribution in [3.05, 3.63) is 0 Å². The lowest BCUT2D eigenvalue weighted by Crippen LogP contribution is -2.61. The van der Waals surface area contributed by atoms with Gasteiger partial charge in [-0.1, -0.05) is 0 Å². The molecule has 0 radical (unpaired) electrons. The molecule has 0 aromatic rings. The number of alkyl halides is 1. The fourth-order valence-corrected chi connectivity index (χ4v) is 1.16. The number of carboxylic acids is 1. The van der Waals surface area contributed by atoms with Crippen LogP contribution in [-0.2, 0) is 4.79 Å². The first-order chi connectivity index (χ1) is 4.61. The molecule has 0 aromatic carbocycles. The third-order valence-electron chi connectivity index (χ3n) is 2.22. The minimum atomic E-state index is -1.27. The van der Waals surface area contributed by atoms with E-state index in [1.165, 1.54) is 0 Å². The number of hydrogen-bond donors (Lipinski definition) is 2. The highest BCUT2D eigenvalue weighted by atomic mass is 19.1. The van der Waals surface area contributed by atoms with E-state index >= 15 is 0 Å². The Balaban J connectivity index is 2.61. The SMILES string of the molecule is NC1(C(=O)O)CCC1CF. The molecule has 0 aliphatic heterocycles. The largest absolute Gasteiger partial charge is 0.480 e.